The minimum absolute atomic E-state index is 0.0293. The van der Waals surface area contributed by atoms with Crippen LogP contribution in [-0.4, -0.2) is 24.5 Å². The van der Waals surface area contributed by atoms with Crippen LogP contribution in [0.5, 0.6) is 5.75 Å². The first-order valence-electron chi connectivity index (χ1n) is 8.40. The highest BCUT2D eigenvalue weighted by molar-refractivity contribution is 6.32. The predicted octanol–water partition coefficient (Wildman–Crippen LogP) is 5.33. The second-order valence-corrected chi connectivity index (χ2v) is 6.72. The van der Waals surface area contributed by atoms with Gasteiger partial charge in [0.25, 0.3) is 0 Å². The van der Waals surface area contributed by atoms with E-state index in [0.29, 0.717) is 11.1 Å². The molecule has 1 saturated heterocycles. The molecule has 1 aliphatic heterocycles. The maximum absolute atomic E-state index is 6.32. The quantitative estimate of drug-likeness (QED) is 0.734. The zero-order valence-electron chi connectivity index (χ0n) is 13.6. The number of nitrogens with zero attached hydrogens (tertiary/aromatic N) is 1. The number of piperidine rings is 1. The van der Waals surface area contributed by atoms with Crippen molar-refractivity contribution in [2.75, 3.05) is 13.6 Å². The first-order chi connectivity index (χ1) is 11.2. The Morgan fingerprint density at radius 2 is 1.83 bits per heavy atom. The van der Waals surface area contributed by atoms with Gasteiger partial charge in [-0.15, -0.1) is 0 Å². The summed E-state index contributed by atoms with van der Waals surface area (Å²) >= 11 is 6.29. The lowest BCUT2D eigenvalue weighted by atomic mass is 9.94. The molecule has 0 radical (unpaired) electrons. The number of benzene rings is 2. The Kier molecular flexibility index (Phi) is 5.58. The third kappa shape index (κ3) is 4.27. The molecule has 2 atom stereocenters. The van der Waals surface area contributed by atoms with Crippen LogP contribution >= 0.6 is 11.6 Å². The van der Waals surface area contributed by atoms with E-state index >= 15 is 0 Å². The Balaban J connectivity index is 1.80. The minimum atomic E-state index is 0.0293. The van der Waals surface area contributed by atoms with Crippen LogP contribution in [0.15, 0.2) is 54.6 Å². The van der Waals surface area contributed by atoms with Gasteiger partial charge in [0.05, 0.1) is 5.02 Å². The summed E-state index contributed by atoms with van der Waals surface area (Å²) in [7, 11) is 2.22. The van der Waals surface area contributed by atoms with Crippen molar-refractivity contribution < 1.29 is 4.74 Å². The van der Waals surface area contributed by atoms with Gasteiger partial charge in [-0.2, -0.15) is 0 Å². The van der Waals surface area contributed by atoms with Crippen molar-refractivity contribution in [1.82, 2.24) is 4.90 Å². The summed E-state index contributed by atoms with van der Waals surface area (Å²) in [5, 5.41) is 0.672. The molecule has 1 heterocycles. The Bertz CT molecular complexity index is 616. The maximum atomic E-state index is 6.32. The van der Waals surface area contributed by atoms with Crippen LogP contribution in [-0.2, 0) is 0 Å². The zero-order valence-corrected chi connectivity index (χ0v) is 14.4. The highest BCUT2D eigenvalue weighted by Crippen LogP contribution is 2.33. The summed E-state index contributed by atoms with van der Waals surface area (Å²) in [6.07, 6.45) is 4.87. The zero-order chi connectivity index (χ0) is 16.1. The monoisotopic (exact) mass is 329 g/mol. The van der Waals surface area contributed by atoms with E-state index in [9.17, 15) is 0 Å². The lowest BCUT2D eigenvalue weighted by Crippen LogP contribution is -2.37. The molecule has 2 unspecified atom stereocenters. The van der Waals surface area contributed by atoms with E-state index in [-0.39, 0.29) is 6.10 Å². The molecule has 0 bridgehead atoms. The molecule has 122 valence electrons. The molecule has 2 aromatic carbocycles. The van der Waals surface area contributed by atoms with Crippen molar-refractivity contribution in [3.63, 3.8) is 0 Å². The van der Waals surface area contributed by atoms with Gasteiger partial charge in [0, 0.05) is 12.5 Å². The van der Waals surface area contributed by atoms with E-state index in [2.05, 4.69) is 36.2 Å². The lowest BCUT2D eigenvalue weighted by molar-refractivity contribution is 0.109. The summed E-state index contributed by atoms with van der Waals surface area (Å²) < 4.78 is 6.32. The lowest BCUT2D eigenvalue weighted by Gasteiger charge is -2.35. The number of hydrogen-bond donors (Lipinski definition) is 0. The van der Waals surface area contributed by atoms with Gasteiger partial charge in [-0.05, 0) is 44.1 Å². The number of rotatable bonds is 5. The molecule has 1 aliphatic rings. The Hall–Kier alpha value is -1.51. The van der Waals surface area contributed by atoms with Gasteiger partial charge < -0.3 is 9.64 Å². The van der Waals surface area contributed by atoms with Crippen molar-refractivity contribution in [2.24, 2.45) is 0 Å². The number of halogens is 1. The molecule has 2 aromatic rings. The fourth-order valence-corrected chi connectivity index (χ4v) is 3.48. The summed E-state index contributed by atoms with van der Waals surface area (Å²) in [6, 6.07) is 18.8. The minimum Gasteiger partial charge on any atom is -0.484 e. The van der Waals surface area contributed by atoms with Crippen molar-refractivity contribution in [1.29, 1.82) is 0 Å². The fraction of sp³-hybridized carbons (Fsp3) is 0.400. The van der Waals surface area contributed by atoms with Crippen LogP contribution < -0.4 is 4.74 Å². The van der Waals surface area contributed by atoms with E-state index in [0.717, 1.165) is 12.2 Å². The molecule has 0 saturated carbocycles. The van der Waals surface area contributed by atoms with E-state index < -0.39 is 0 Å². The van der Waals surface area contributed by atoms with Crippen LogP contribution in [0.1, 0.15) is 37.4 Å². The van der Waals surface area contributed by atoms with Gasteiger partial charge in [0.2, 0.25) is 0 Å². The van der Waals surface area contributed by atoms with E-state index in [1.165, 1.54) is 31.4 Å². The molecule has 0 N–H and O–H groups in total. The molecule has 3 rings (SSSR count). The Morgan fingerprint density at radius 3 is 2.57 bits per heavy atom. The highest BCUT2D eigenvalue weighted by atomic mass is 35.5. The molecule has 2 nitrogen and oxygen atoms in total. The SMILES string of the molecule is CN1CCCCC1CC(Oc1ccccc1Cl)c1ccccc1. The molecule has 0 amide bonds. The normalized spacial score (nSPS) is 20.2. The average molecular weight is 330 g/mol. The first-order valence-corrected chi connectivity index (χ1v) is 8.78. The van der Waals surface area contributed by atoms with Crippen molar-refractivity contribution in [2.45, 2.75) is 37.8 Å². The number of para-hydroxylation sites is 1. The smallest absolute Gasteiger partial charge is 0.138 e. The molecule has 0 aromatic heterocycles. The summed E-state index contributed by atoms with van der Waals surface area (Å²) in [5.74, 6) is 0.765. The predicted molar refractivity (Wildman–Crippen MR) is 96.1 cm³/mol. The molecular formula is C20H24ClNO. The van der Waals surface area contributed by atoms with Gasteiger partial charge in [-0.1, -0.05) is 60.5 Å². The Labute approximate surface area is 144 Å². The largest absolute Gasteiger partial charge is 0.484 e. The summed E-state index contributed by atoms with van der Waals surface area (Å²) in [4.78, 5) is 2.47. The maximum Gasteiger partial charge on any atom is 0.138 e. The summed E-state index contributed by atoms with van der Waals surface area (Å²) in [6.45, 7) is 1.18. The van der Waals surface area contributed by atoms with Gasteiger partial charge in [0.1, 0.15) is 11.9 Å². The van der Waals surface area contributed by atoms with Crippen molar-refractivity contribution >= 4 is 11.6 Å². The fourth-order valence-electron chi connectivity index (χ4n) is 3.30. The molecule has 23 heavy (non-hydrogen) atoms. The number of hydrogen-bond acceptors (Lipinski definition) is 2. The first kappa shape index (κ1) is 16.4. The second-order valence-electron chi connectivity index (χ2n) is 6.31. The topological polar surface area (TPSA) is 12.5 Å². The third-order valence-corrected chi connectivity index (χ3v) is 5.00. The highest BCUT2D eigenvalue weighted by Gasteiger charge is 2.25. The van der Waals surface area contributed by atoms with Gasteiger partial charge in [0.15, 0.2) is 0 Å². The van der Waals surface area contributed by atoms with Crippen LogP contribution in [0.25, 0.3) is 0 Å². The van der Waals surface area contributed by atoms with Crippen LogP contribution in [0.2, 0.25) is 5.02 Å². The van der Waals surface area contributed by atoms with Gasteiger partial charge in [-0.3, -0.25) is 0 Å². The van der Waals surface area contributed by atoms with Gasteiger partial charge >= 0.3 is 0 Å². The van der Waals surface area contributed by atoms with E-state index in [1.807, 2.05) is 30.3 Å². The standard InChI is InChI=1S/C20H24ClNO/c1-22-14-8-7-11-17(22)15-20(16-9-3-2-4-10-16)23-19-13-6-5-12-18(19)21/h2-6,9-10,12-13,17,20H,7-8,11,14-15H2,1H3. The average Bonchev–Trinajstić information content (AvgIpc) is 2.59. The van der Waals surface area contributed by atoms with Crippen LogP contribution in [0.3, 0.4) is 0 Å². The van der Waals surface area contributed by atoms with Crippen LogP contribution in [0.4, 0.5) is 0 Å². The second kappa shape index (κ2) is 7.85. The molecule has 0 spiro atoms. The van der Waals surface area contributed by atoms with Gasteiger partial charge in [-0.25, -0.2) is 0 Å². The molecule has 3 heteroatoms. The van der Waals surface area contributed by atoms with E-state index in [4.69, 9.17) is 16.3 Å². The van der Waals surface area contributed by atoms with Crippen LogP contribution in [0, 0.1) is 0 Å². The molecule has 0 aliphatic carbocycles. The van der Waals surface area contributed by atoms with Crippen molar-refractivity contribution in [3.05, 3.63) is 65.2 Å². The molecular weight excluding hydrogens is 306 g/mol. The Morgan fingerprint density at radius 1 is 1.09 bits per heavy atom. The summed E-state index contributed by atoms with van der Waals surface area (Å²) in [5.41, 5.74) is 1.21. The number of ether oxygens (including phenoxy) is 1. The van der Waals surface area contributed by atoms with E-state index in [1.54, 1.807) is 0 Å². The molecule has 1 fully saturated rings. The van der Waals surface area contributed by atoms with Crippen molar-refractivity contribution in [3.8, 4) is 5.75 Å². The third-order valence-electron chi connectivity index (χ3n) is 4.68. The number of likely N-dealkylation sites (tertiary alicyclic amines) is 1.